The van der Waals surface area contributed by atoms with Crippen LogP contribution < -0.4 is 5.84 Å². The zero-order valence-electron chi connectivity index (χ0n) is 8.50. The molecule has 1 heterocycles. The van der Waals surface area contributed by atoms with E-state index < -0.39 is 46.2 Å². The lowest BCUT2D eigenvalue weighted by Gasteiger charge is -2.30. The minimum Gasteiger partial charge on any atom is -0.240 e. The molecule has 1 aliphatic heterocycles. The molecule has 0 radical (unpaired) electrons. The molecule has 0 atom stereocenters. The van der Waals surface area contributed by atoms with E-state index in [4.69, 9.17) is 0 Å². The topological polar surface area (TPSA) is 97.5 Å². The van der Waals surface area contributed by atoms with Gasteiger partial charge in [-0.3, -0.25) is 0 Å². The van der Waals surface area contributed by atoms with Gasteiger partial charge in [-0.05, 0) is 3.82 Å². The van der Waals surface area contributed by atoms with Crippen molar-refractivity contribution in [1.29, 1.82) is 0 Å². The van der Waals surface area contributed by atoms with Gasteiger partial charge < -0.3 is 0 Å². The Hall–Kier alpha value is -0.740. The maximum absolute atomic E-state index is 12.9. The van der Waals surface area contributed by atoms with Crippen LogP contribution in [0.15, 0.2) is 0 Å². The number of hydrogen-bond acceptors (Lipinski definition) is 5. The average Bonchev–Trinajstić information content (AvgIpc) is 2.25. The first-order valence-electron chi connectivity index (χ1n) is 3.96. The Kier molecular flexibility index (Phi) is 3.22. The Balaban J connectivity index is 4.04. The van der Waals surface area contributed by atoms with E-state index in [1.54, 1.807) is 0 Å². The van der Waals surface area contributed by atoms with Crippen molar-refractivity contribution in [2.75, 3.05) is 0 Å². The van der Waals surface area contributed by atoms with Gasteiger partial charge in [-0.15, -0.1) is 0 Å². The quantitative estimate of drug-likeness (QED) is 0.496. The number of rotatable bonds is 0. The molecule has 1 saturated heterocycles. The molecule has 0 saturated carbocycles. The lowest BCUT2D eigenvalue weighted by atomic mass is 10.2. The van der Waals surface area contributed by atoms with Crippen LogP contribution in [0.5, 0.6) is 0 Å². The van der Waals surface area contributed by atoms with Crippen molar-refractivity contribution in [3.63, 3.8) is 0 Å². The van der Waals surface area contributed by atoms with Gasteiger partial charge in [-0.2, -0.15) is 35.1 Å². The highest BCUT2D eigenvalue weighted by Crippen LogP contribution is 2.59. The molecule has 0 aromatic rings. The van der Waals surface area contributed by atoms with Gasteiger partial charge in [-0.1, -0.05) is 0 Å². The molecule has 0 aromatic heterocycles. The van der Waals surface area contributed by atoms with Gasteiger partial charge in [-0.25, -0.2) is 22.7 Å². The van der Waals surface area contributed by atoms with Crippen LogP contribution in [0.4, 0.5) is 35.1 Å². The first kappa shape index (κ1) is 17.3. The summed E-state index contributed by atoms with van der Waals surface area (Å²) in [7, 11) is -14.5. The molecule has 0 amide bonds. The van der Waals surface area contributed by atoms with Crippen LogP contribution >= 0.6 is 0 Å². The highest BCUT2D eigenvalue weighted by molar-refractivity contribution is 8.05. The molecule has 6 nitrogen and oxygen atoms in total. The summed E-state index contributed by atoms with van der Waals surface area (Å²) in [6.45, 7) is 0. The minimum atomic E-state index is -7.25. The first-order valence-corrected chi connectivity index (χ1v) is 6.84. The Morgan fingerprint density at radius 3 is 1.05 bits per heavy atom. The lowest BCUT2D eigenvalue weighted by Crippen LogP contribution is -2.62. The normalized spacial score (nSPS) is 33.2. The Morgan fingerprint density at radius 1 is 0.650 bits per heavy atom. The van der Waals surface area contributed by atoms with E-state index in [0.29, 0.717) is 0 Å². The number of sulfonamides is 2. The summed E-state index contributed by atoms with van der Waals surface area (Å²) in [5.74, 6) is -10.6. The van der Waals surface area contributed by atoms with E-state index in [1.165, 1.54) is 0 Å². The number of nitrogens with two attached hydrogens (primary N) is 1. The number of hydrogen-bond donors (Lipinski definition) is 1. The predicted molar refractivity (Wildman–Crippen MR) is 43.7 cm³/mol. The average molecular weight is 358 g/mol. The van der Waals surface area contributed by atoms with Crippen LogP contribution in [0.25, 0.3) is 0 Å². The molecule has 1 rings (SSSR count). The third-order valence-corrected chi connectivity index (χ3v) is 6.18. The van der Waals surface area contributed by atoms with Crippen molar-refractivity contribution in [1.82, 2.24) is 3.82 Å². The fraction of sp³-hybridized carbons (Fsp3) is 1.00. The molecular formula is C4H2F8N2O4S2. The lowest BCUT2D eigenvalue weighted by molar-refractivity contribution is -0.324. The summed E-state index contributed by atoms with van der Waals surface area (Å²) in [6, 6.07) is 0. The molecule has 0 unspecified atom stereocenters. The van der Waals surface area contributed by atoms with Gasteiger partial charge in [0.05, 0.1) is 0 Å². The molecule has 120 valence electrons. The second-order valence-electron chi connectivity index (χ2n) is 3.42. The van der Waals surface area contributed by atoms with Crippen molar-refractivity contribution < 1.29 is 52.0 Å². The zero-order valence-corrected chi connectivity index (χ0v) is 10.1. The first-order chi connectivity index (χ1) is 8.40. The third kappa shape index (κ3) is 1.44. The van der Waals surface area contributed by atoms with Crippen molar-refractivity contribution in [3.05, 3.63) is 0 Å². The largest absolute Gasteiger partial charge is 0.429 e. The van der Waals surface area contributed by atoms with Gasteiger partial charge in [0.1, 0.15) is 0 Å². The molecule has 2 N–H and O–H groups in total. The number of halogens is 8. The molecule has 1 fully saturated rings. The van der Waals surface area contributed by atoms with Gasteiger partial charge in [0.2, 0.25) is 0 Å². The molecule has 20 heavy (non-hydrogen) atoms. The minimum absolute atomic E-state index is 2.38. The maximum atomic E-state index is 12.9. The Bertz CT molecular complexity index is 583. The molecule has 0 bridgehead atoms. The molecule has 16 heteroatoms. The summed E-state index contributed by atoms with van der Waals surface area (Å²) < 4.78 is 144. The van der Waals surface area contributed by atoms with Crippen LogP contribution in [0.1, 0.15) is 0 Å². The van der Waals surface area contributed by atoms with Gasteiger partial charge >= 0.3 is 42.4 Å². The van der Waals surface area contributed by atoms with E-state index in [0.717, 1.165) is 0 Å². The zero-order chi connectivity index (χ0) is 16.6. The van der Waals surface area contributed by atoms with Crippen LogP contribution in [-0.4, -0.2) is 43.0 Å². The number of hydrazine groups is 1. The second kappa shape index (κ2) is 3.72. The van der Waals surface area contributed by atoms with Crippen molar-refractivity contribution in [3.8, 4) is 0 Å². The van der Waals surface area contributed by atoms with E-state index >= 15 is 0 Å². The summed E-state index contributed by atoms with van der Waals surface area (Å²) in [5.41, 5.74) is 0. The van der Waals surface area contributed by atoms with Crippen LogP contribution in [0.2, 0.25) is 0 Å². The summed E-state index contributed by atoms with van der Waals surface area (Å²) in [5, 5.41) is -13.8. The molecular weight excluding hydrogens is 356 g/mol. The van der Waals surface area contributed by atoms with Crippen molar-refractivity contribution >= 4 is 20.0 Å². The van der Waals surface area contributed by atoms with Crippen molar-refractivity contribution in [2.45, 2.75) is 22.4 Å². The van der Waals surface area contributed by atoms with E-state index in [1.807, 2.05) is 0 Å². The summed E-state index contributed by atoms with van der Waals surface area (Å²) >= 11 is 0. The Morgan fingerprint density at radius 2 is 0.850 bits per heavy atom. The monoisotopic (exact) mass is 358 g/mol. The summed E-state index contributed by atoms with van der Waals surface area (Å²) in [4.78, 5) is 0. The predicted octanol–water partition coefficient (Wildman–Crippen LogP) is 0.292. The van der Waals surface area contributed by atoms with Crippen LogP contribution in [-0.2, 0) is 20.0 Å². The third-order valence-electron chi connectivity index (χ3n) is 2.25. The maximum Gasteiger partial charge on any atom is 0.429 e. The van der Waals surface area contributed by atoms with E-state index in [9.17, 15) is 52.0 Å². The van der Waals surface area contributed by atoms with Gasteiger partial charge in [0.25, 0.3) is 0 Å². The molecule has 0 spiro atoms. The standard InChI is InChI=1S/C4H2F8N2O4S2/c5-1(6)2(7,8)4(11,12)20(17,18)14(13)19(15,16)3(1,9)10/h13H2. The number of alkyl halides is 8. The fourth-order valence-corrected chi connectivity index (χ4v) is 4.00. The number of nitrogens with zero attached hydrogens (tertiary/aromatic N) is 1. The van der Waals surface area contributed by atoms with Crippen molar-refractivity contribution in [2.24, 2.45) is 5.84 Å². The fourth-order valence-electron chi connectivity index (χ4n) is 1.04. The van der Waals surface area contributed by atoms with Gasteiger partial charge in [0.15, 0.2) is 0 Å². The van der Waals surface area contributed by atoms with Crippen LogP contribution in [0, 0.1) is 0 Å². The SMILES string of the molecule is NN1S(=O)(=O)C(F)(F)C(F)(F)C(F)(F)C(F)(F)S1(=O)=O. The second-order valence-corrected chi connectivity index (χ2v) is 7.36. The van der Waals surface area contributed by atoms with E-state index in [-0.39, 0.29) is 0 Å². The highest BCUT2D eigenvalue weighted by atomic mass is 32.3. The smallest absolute Gasteiger partial charge is 0.240 e. The molecule has 0 aromatic carbocycles. The van der Waals surface area contributed by atoms with E-state index in [2.05, 4.69) is 5.84 Å². The summed E-state index contributed by atoms with van der Waals surface area (Å²) in [6.07, 6.45) is 0. The highest BCUT2D eigenvalue weighted by Gasteiger charge is 2.91. The van der Waals surface area contributed by atoms with Gasteiger partial charge in [0, 0.05) is 0 Å². The van der Waals surface area contributed by atoms with Crippen LogP contribution in [0.3, 0.4) is 0 Å². The molecule has 0 aliphatic carbocycles. The Labute approximate surface area is 105 Å². The molecule has 1 aliphatic rings.